The molecule has 0 unspecified atom stereocenters. The first-order valence-electron chi connectivity index (χ1n) is 5.26. The molecule has 1 aromatic heterocycles. The molecule has 0 saturated heterocycles. The van der Waals surface area contributed by atoms with E-state index in [0.29, 0.717) is 0 Å². The third-order valence-electron chi connectivity index (χ3n) is 2.74. The highest BCUT2D eigenvalue weighted by Crippen LogP contribution is 2.25. The lowest BCUT2D eigenvalue weighted by Gasteiger charge is -1.97. The van der Waals surface area contributed by atoms with Crippen LogP contribution in [0.25, 0.3) is 22.2 Å². The van der Waals surface area contributed by atoms with E-state index in [1.54, 1.807) is 6.07 Å². The summed E-state index contributed by atoms with van der Waals surface area (Å²) in [5.41, 5.74) is 3.03. The van der Waals surface area contributed by atoms with Crippen molar-refractivity contribution in [3.05, 3.63) is 58.8 Å². The summed E-state index contributed by atoms with van der Waals surface area (Å²) in [6.45, 7) is 0. The number of rotatable bonds is 1. The monoisotopic (exact) mass is 289 g/mol. The molecule has 0 saturated carbocycles. The fourth-order valence-electron chi connectivity index (χ4n) is 1.89. The van der Waals surface area contributed by atoms with Gasteiger partial charge in [0.1, 0.15) is 5.82 Å². The van der Waals surface area contributed by atoms with Gasteiger partial charge in [0.15, 0.2) is 0 Å². The average molecular weight is 290 g/mol. The lowest BCUT2D eigenvalue weighted by Crippen LogP contribution is -1.75. The molecule has 1 N–H and O–H groups in total. The fourth-order valence-corrected chi connectivity index (χ4v) is 2.15. The van der Waals surface area contributed by atoms with Crippen molar-refractivity contribution in [3.63, 3.8) is 0 Å². The molecule has 3 rings (SSSR count). The van der Waals surface area contributed by atoms with Gasteiger partial charge in [0.25, 0.3) is 0 Å². The Morgan fingerprint density at radius 2 is 1.71 bits per heavy atom. The third-order valence-corrected chi connectivity index (χ3v) is 3.27. The highest BCUT2D eigenvalue weighted by atomic mass is 79.9. The van der Waals surface area contributed by atoms with E-state index in [4.69, 9.17) is 0 Å². The summed E-state index contributed by atoms with van der Waals surface area (Å²) in [6, 6.07) is 14.7. The molecule has 17 heavy (non-hydrogen) atoms. The maximum atomic E-state index is 13.1. The van der Waals surface area contributed by atoms with E-state index in [0.717, 1.165) is 26.6 Å². The molecule has 0 fully saturated rings. The molecule has 0 amide bonds. The van der Waals surface area contributed by atoms with Crippen LogP contribution in [-0.2, 0) is 0 Å². The van der Waals surface area contributed by atoms with E-state index in [1.807, 2.05) is 30.3 Å². The highest BCUT2D eigenvalue weighted by Gasteiger charge is 2.03. The molecule has 3 aromatic rings. The summed E-state index contributed by atoms with van der Waals surface area (Å²) in [7, 11) is 0. The van der Waals surface area contributed by atoms with Crippen LogP contribution in [0.2, 0.25) is 0 Å². The van der Waals surface area contributed by atoms with E-state index in [9.17, 15) is 4.39 Å². The Labute approximate surface area is 106 Å². The lowest BCUT2D eigenvalue weighted by molar-refractivity contribution is 0.630. The van der Waals surface area contributed by atoms with Crippen LogP contribution in [0.1, 0.15) is 0 Å². The van der Waals surface area contributed by atoms with Crippen LogP contribution >= 0.6 is 15.9 Å². The van der Waals surface area contributed by atoms with Crippen molar-refractivity contribution in [1.29, 1.82) is 0 Å². The third kappa shape index (κ3) is 1.98. The van der Waals surface area contributed by atoms with Crippen molar-refractivity contribution >= 4 is 26.8 Å². The van der Waals surface area contributed by atoms with E-state index in [1.165, 1.54) is 12.1 Å². The molecular formula is C14H9BrFN. The Kier molecular flexibility index (Phi) is 2.48. The Morgan fingerprint density at radius 1 is 0.941 bits per heavy atom. The van der Waals surface area contributed by atoms with Gasteiger partial charge in [-0.2, -0.15) is 0 Å². The largest absolute Gasteiger partial charge is 0.355 e. The molecule has 0 aliphatic heterocycles. The van der Waals surface area contributed by atoms with Crippen LogP contribution in [0.4, 0.5) is 4.39 Å². The zero-order chi connectivity index (χ0) is 11.8. The summed E-state index contributed by atoms with van der Waals surface area (Å²) >= 11 is 3.40. The van der Waals surface area contributed by atoms with Crippen molar-refractivity contribution in [2.24, 2.45) is 0 Å². The molecule has 1 heterocycles. The second kappa shape index (κ2) is 4.00. The zero-order valence-corrected chi connectivity index (χ0v) is 10.5. The minimum atomic E-state index is -0.209. The molecule has 1 nitrogen and oxygen atoms in total. The van der Waals surface area contributed by atoms with Gasteiger partial charge in [0.05, 0.1) is 0 Å². The van der Waals surface area contributed by atoms with Gasteiger partial charge in [-0.05, 0) is 42.0 Å². The molecule has 0 spiro atoms. The number of nitrogens with one attached hydrogen (secondary N) is 1. The van der Waals surface area contributed by atoms with Gasteiger partial charge in [-0.25, -0.2) is 4.39 Å². The smallest absolute Gasteiger partial charge is 0.123 e. The van der Waals surface area contributed by atoms with Gasteiger partial charge in [-0.1, -0.05) is 28.1 Å². The maximum Gasteiger partial charge on any atom is 0.123 e. The molecule has 0 aliphatic carbocycles. The average Bonchev–Trinajstić information content (AvgIpc) is 2.72. The number of aromatic nitrogens is 1. The Balaban J connectivity index is 2.14. The fraction of sp³-hybridized carbons (Fsp3) is 0. The SMILES string of the molecule is Fc1ccc2[nH]c(-c3ccc(Br)cc3)cc2c1. The van der Waals surface area contributed by atoms with E-state index >= 15 is 0 Å². The topological polar surface area (TPSA) is 15.8 Å². The van der Waals surface area contributed by atoms with Crippen molar-refractivity contribution in [3.8, 4) is 11.3 Å². The number of H-pyrrole nitrogens is 1. The number of benzene rings is 2. The van der Waals surface area contributed by atoms with Crippen LogP contribution in [0.5, 0.6) is 0 Å². The predicted octanol–water partition coefficient (Wildman–Crippen LogP) is 4.74. The molecule has 3 heteroatoms. The molecule has 0 atom stereocenters. The number of fused-ring (bicyclic) bond motifs is 1. The molecule has 2 aromatic carbocycles. The minimum Gasteiger partial charge on any atom is -0.355 e. The Hall–Kier alpha value is -1.61. The van der Waals surface area contributed by atoms with Crippen molar-refractivity contribution in [2.45, 2.75) is 0 Å². The normalized spacial score (nSPS) is 10.9. The number of hydrogen-bond donors (Lipinski definition) is 1. The van der Waals surface area contributed by atoms with Gasteiger partial charge in [-0.15, -0.1) is 0 Å². The number of halogens is 2. The van der Waals surface area contributed by atoms with E-state index in [2.05, 4.69) is 20.9 Å². The van der Waals surface area contributed by atoms with Crippen LogP contribution in [0, 0.1) is 5.82 Å². The van der Waals surface area contributed by atoms with Gasteiger partial charge < -0.3 is 4.98 Å². The van der Waals surface area contributed by atoms with Gasteiger partial charge in [-0.3, -0.25) is 0 Å². The molecular weight excluding hydrogens is 281 g/mol. The first kappa shape index (κ1) is 10.5. The number of hydrogen-bond acceptors (Lipinski definition) is 0. The molecule has 0 radical (unpaired) electrons. The quantitative estimate of drug-likeness (QED) is 0.666. The van der Waals surface area contributed by atoms with Crippen molar-refractivity contribution in [2.75, 3.05) is 0 Å². The standard InChI is InChI=1S/C14H9BrFN/c15-11-3-1-9(2-4-11)14-8-10-7-12(16)5-6-13(10)17-14/h1-8,17H. The summed E-state index contributed by atoms with van der Waals surface area (Å²) in [4.78, 5) is 3.28. The van der Waals surface area contributed by atoms with Crippen LogP contribution < -0.4 is 0 Å². The van der Waals surface area contributed by atoms with Crippen molar-refractivity contribution < 1.29 is 4.39 Å². The van der Waals surface area contributed by atoms with Gasteiger partial charge in [0.2, 0.25) is 0 Å². The van der Waals surface area contributed by atoms with Gasteiger partial charge in [0, 0.05) is 21.1 Å². The van der Waals surface area contributed by atoms with Crippen LogP contribution in [-0.4, -0.2) is 4.98 Å². The Bertz CT molecular complexity index is 670. The summed E-state index contributed by atoms with van der Waals surface area (Å²) < 4.78 is 14.1. The lowest BCUT2D eigenvalue weighted by atomic mass is 10.1. The zero-order valence-electron chi connectivity index (χ0n) is 8.87. The van der Waals surface area contributed by atoms with Gasteiger partial charge >= 0.3 is 0 Å². The second-order valence-electron chi connectivity index (χ2n) is 3.92. The van der Waals surface area contributed by atoms with Crippen molar-refractivity contribution in [1.82, 2.24) is 4.98 Å². The Morgan fingerprint density at radius 3 is 2.47 bits per heavy atom. The first-order valence-corrected chi connectivity index (χ1v) is 6.06. The van der Waals surface area contributed by atoms with E-state index < -0.39 is 0 Å². The second-order valence-corrected chi connectivity index (χ2v) is 4.84. The summed E-state index contributed by atoms with van der Waals surface area (Å²) in [5, 5.41) is 0.892. The molecule has 0 aliphatic rings. The predicted molar refractivity (Wildman–Crippen MR) is 71.4 cm³/mol. The van der Waals surface area contributed by atoms with Crippen LogP contribution in [0.3, 0.4) is 0 Å². The van der Waals surface area contributed by atoms with Crippen LogP contribution in [0.15, 0.2) is 53.0 Å². The highest BCUT2D eigenvalue weighted by molar-refractivity contribution is 9.10. The number of aromatic amines is 1. The molecule has 84 valence electrons. The first-order chi connectivity index (χ1) is 8.22. The summed E-state index contributed by atoms with van der Waals surface area (Å²) in [5.74, 6) is -0.209. The maximum absolute atomic E-state index is 13.1. The van der Waals surface area contributed by atoms with E-state index in [-0.39, 0.29) is 5.82 Å². The summed E-state index contributed by atoms with van der Waals surface area (Å²) in [6.07, 6.45) is 0. The molecule has 0 bridgehead atoms. The minimum absolute atomic E-state index is 0.209.